The predicted molar refractivity (Wildman–Crippen MR) is 127 cm³/mol. The number of carbonyl (C=O) groups is 2. The molecule has 0 unspecified atom stereocenters. The molecule has 1 atom stereocenters. The summed E-state index contributed by atoms with van der Waals surface area (Å²) in [6.07, 6.45) is 0. The molecule has 4 rings (SSSR count). The van der Waals surface area contributed by atoms with Crippen LogP contribution in [0, 0.1) is 0 Å². The highest BCUT2D eigenvalue weighted by molar-refractivity contribution is 6.46. The predicted octanol–water partition coefficient (Wildman–Crippen LogP) is 4.56. The quantitative estimate of drug-likeness (QED) is 0.302. The highest BCUT2D eigenvalue weighted by Gasteiger charge is 2.46. The van der Waals surface area contributed by atoms with Gasteiger partial charge < -0.3 is 24.2 Å². The number of aliphatic hydroxyl groups is 1. The van der Waals surface area contributed by atoms with Crippen molar-refractivity contribution in [3.05, 3.63) is 95.6 Å². The van der Waals surface area contributed by atoms with Crippen molar-refractivity contribution in [3.63, 3.8) is 0 Å². The first-order valence-corrected chi connectivity index (χ1v) is 10.8. The summed E-state index contributed by atoms with van der Waals surface area (Å²) in [6, 6.07) is 22.3. The number of Topliss-reactive ketones (excluding diaryl/α,β-unsaturated/α-hetero) is 1. The Morgan fingerprint density at radius 2 is 1.59 bits per heavy atom. The number of ether oxygens (including phenoxy) is 3. The summed E-state index contributed by atoms with van der Waals surface area (Å²) in [5, 5.41) is 11.1. The molecular formula is C27H25NO6. The van der Waals surface area contributed by atoms with Gasteiger partial charge in [0, 0.05) is 19.2 Å². The van der Waals surface area contributed by atoms with E-state index in [1.165, 1.54) is 12.0 Å². The van der Waals surface area contributed by atoms with E-state index in [0.717, 1.165) is 0 Å². The first kappa shape index (κ1) is 23.1. The zero-order valence-corrected chi connectivity index (χ0v) is 18.9. The molecule has 1 aliphatic rings. The number of amides is 1. The molecule has 3 aromatic carbocycles. The number of nitrogens with zero attached hydrogens (tertiary/aromatic N) is 1. The molecule has 7 heteroatoms. The average molecular weight is 459 g/mol. The Kier molecular flexibility index (Phi) is 6.94. The maximum atomic E-state index is 13.1. The Bertz CT molecular complexity index is 1200. The molecule has 0 aromatic heterocycles. The second-order valence-corrected chi connectivity index (χ2v) is 7.70. The van der Waals surface area contributed by atoms with Gasteiger partial charge >= 0.3 is 0 Å². The van der Waals surface area contributed by atoms with Crippen LogP contribution in [-0.2, 0) is 14.3 Å². The van der Waals surface area contributed by atoms with Crippen LogP contribution in [0.25, 0.3) is 5.76 Å². The van der Waals surface area contributed by atoms with Gasteiger partial charge in [0.2, 0.25) is 0 Å². The van der Waals surface area contributed by atoms with Gasteiger partial charge in [-0.25, -0.2) is 0 Å². The van der Waals surface area contributed by atoms with Gasteiger partial charge in [-0.15, -0.1) is 0 Å². The fraction of sp³-hybridized carbons (Fsp3) is 0.185. The van der Waals surface area contributed by atoms with Gasteiger partial charge in [0.05, 0.1) is 25.3 Å². The molecule has 1 heterocycles. The molecule has 34 heavy (non-hydrogen) atoms. The van der Waals surface area contributed by atoms with E-state index in [2.05, 4.69) is 0 Å². The van der Waals surface area contributed by atoms with Gasteiger partial charge in [-0.3, -0.25) is 9.59 Å². The lowest BCUT2D eigenvalue weighted by atomic mass is 9.95. The zero-order chi connectivity index (χ0) is 24.1. The minimum absolute atomic E-state index is 0.0168. The molecule has 1 aliphatic heterocycles. The third-order valence-corrected chi connectivity index (χ3v) is 5.59. The third-order valence-electron chi connectivity index (χ3n) is 5.59. The molecule has 0 bridgehead atoms. The van der Waals surface area contributed by atoms with E-state index in [0.29, 0.717) is 28.4 Å². The normalized spacial score (nSPS) is 17.1. The minimum atomic E-state index is -0.795. The van der Waals surface area contributed by atoms with Gasteiger partial charge in [-0.05, 0) is 54.1 Å². The summed E-state index contributed by atoms with van der Waals surface area (Å²) < 4.78 is 16.3. The molecule has 0 radical (unpaired) electrons. The summed E-state index contributed by atoms with van der Waals surface area (Å²) in [7, 11) is 3.07. The number of methoxy groups -OCH3 is 2. The van der Waals surface area contributed by atoms with Crippen LogP contribution in [-0.4, -0.2) is 49.1 Å². The van der Waals surface area contributed by atoms with E-state index in [-0.39, 0.29) is 24.5 Å². The topological polar surface area (TPSA) is 85.3 Å². The van der Waals surface area contributed by atoms with Crippen molar-refractivity contribution in [2.45, 2.75) is 6.04 Å². The number of aliphatic hydroxyl groups excluding tert-OH is 1. The van der Waals surface area contributed by atoms with Gasteiger partial charge in [-0.2, -0.15) is 0 Å². The number of likely N-dealkylation sites (tertiary alicyclic amines) is 1. The number of hydrogen-bond acceptors (Lipinski definition) is 6. The maximum absolute atomic E-state index is 13.1. The lowest BCUT2D eigenvalue weighted by Crippen LogP contribution is -2.32. The molecular weight excluding hydrogens is 434 g/mol. The Morgan fingerprint density at radius 1 is 0.882 bits per heavy atom. The number of benzene rings is 3. The Balaban J connectivity index is 1.78. The summed E-state index contributed by atoms with van der Waals surface area (Å²) in [5.74, 6) is 0.131. The van der Waals surface area contributed by atoms with E-state index in [4.69, 9.17) is 14.2 Å². The summed E-state index contributed by atoms with van der Waals surface area (Å²) >= 11 is 0. The van der Waals surface area contributed by atoms with Gasteiger partial charge in [0.15, 0.2) is 0 Å². The van der Waals surface area contributed by atoms with E-state index >= 15 is 0 Å². The molecule has 7 nitrogen and oxygen atoms in total. The van der Waals surface area contributed by atoms with Gasteiger partial charge in [-0.1, -0.05) is 30.3 Å². The molecule has 0 saturated carbocycles. The van der Waals surface area contributed by atoms with Crippen LogP contribution >= 0.6 is 0 Å². The van der Waals surface area contributed by atoms with Crippen molar-refractivity contribution in [2.75, 3.05) is 27.4 Å². The highest BCUT2D eigenvalue weighted by Crippen LogP contribution is 2.40. The first-order chi connectivity index (χ1) is 16.5. The monoisotopic (exact) mass is 459 g/mol. The fourth-order valence-electron chi connectivity index (χ4n) is 3.92. The number of para-hydroxylation sites is 1. The summed E-state index contributed by atoms with van der Waals surface area (Å²) in [4.78, 5) is 27.4. The summed E-state index contributed by atoms with van der Waals surface area (Å²) in [5.41, 5.74) is 1.06. The van der Waals surface area contributed by atoms with Crippen LogP contribution in [0.4, 0.5) is 0 Å². The smallest absolute Gasteiger partial charge is 0.295 e. The van der Waals surface area contributed by atoms with Crippen LogP contribution < -0.4 is 9.47 Å². The Labute approximate surface area is 197 Å². The molecule has 1 N–H and O–H groups in total. The second kappa shape index (κ2) is 10.2. The number of hydrogen-bond donors (Lipinski definition) is 1. The summed E-state index contributed by atoms with van der Waals surface area (Å²) in [6.45, 7) is 0.432. The zero-order valence-electron chi connectivity index (χ0n) is 18.9. The number of rotatable bonds is 8. The van der Waals surface area contributed by atoms with Crippen LogP contribution in [0.1, 0.15) is 17.2 Å². The minimum Gasteiger partial charge on any atom is -0.507 e. The standard InChI is InChI=1S/C27H25NO6/c1-32-16-15-28-24(19-7-6-10-22(17-19)34-21-8-4-3-5-9-21)23(26(30)27(28)31)25(29)18-11-13-20(33-2)14-12-18/h3-14,17,24,29H,15-16H2,1-2H3/t24-/m1/s1. The molecule has 0 spiro atoms. The van der Waals surface area contributed by atoms with E-state index < -0.39 is 17.7 Å². The van der Waals surface area contributed by atoms with E-state index in [1.54, 1.807) is 55.6 Å². The molecule has 1 fully saturated rings. The van der Waals surface area contributed by atoms with Gasteiger partial charge in [0.1, 0.15) is 23.0 Å². The maximum Gasteiger partial charge on any atom is 0.295 e. The number of carbonyl (C=O) groups excluding carboxylic acids is 2. The van der Waals surface area contributed by atoms with Crippen molar-refractivity contribution in [1.82, 2.24) is 4.90 Å². The molecule has 174 valence electrons. The highest BCUT2D eigenvalue weighted by atomic mass is 16.5. The van der Waals surface area contributed by atoms with Crippen LogP contribution in [0.2, 0.25) is 0 Å². The molecule has 1 amide bonds. The SMILES string of the molecule is COCCN1C(=O)C(=O)C(=C(O)c2ccc(OC)cc2)[C@H]1c1cccc(Oc2ccccc2)c1. The molecule has 0 aliphatic carbocycles. The average Bonchev–Trinajstić information content (AvgIpc) is 3.12. The van der Waals surface area contributed by atoms with Crippen molar-refractivity contribution in [3.8, 4) is 17.2 Å². The van der Waals surface area contributed by atoms with Crippen molar-refractivity contribution in [2.24, 2.45) is 0 Å². The van der Waals surface area contributed by atoms with E-state index in [1.807, 2.05) is 30.3 Å². The fourth-order valence-corrected chi connectivity index (χ4v) is 3.92. The van der Waals surface area contributed by atoms with Crippen LogP contribution in [0.15, 0.2) is 84.4 Å². The first-order valence-electron chi connectivity index (χ1n) is 10.8. The van der Waals surface area contributed by atoms with Crippen LogP contribution in [0.5, 0.6) is 17.2 Å². The lowest BCUT2D eigenvalue weighted by molar-refractivity contribution is -0.140. The lowest BCUT2D eigenvalue weighted by Gasteiger charge is -2.25. The van der Waals surface area contributed by atoms with Crippen molar-refractivity contribution < 1.29 is 28.9 Å². The van der Waals surface area contributed by atoms with Gasteiger partial charge in [0.25, 0.3) is 11.7 Å². The second-order valence-electron chi connectivity index (χ2n) is 7.70. The van der Waals surface area contributed by atoms with E-state index in [9.17, 15) is 14.7 Å². The molecule has 1 saturated heterocycles. The Morgan fingerprint density at radius 3 is 2.26 bits per heavy atom. The molecule has 3 aromatic rings. The third kappa shape index (κ3) is 4.65. The van der Waals surface area contributed by atoms with Crippen molar-refractivity contribution in [1.29, 1.82) is 0 Å². The Hall–Kier alpha value is -4.10. The van der Waals surface area contributed by atoms with Crippen LogP contribution in [0.3, 0.4) is 0 Å². The largest absolute Gasteiger partial charge is 0.507 e. The van der Waals surface area contributed by atoms with Crippen molar-refractivity contribution >= 4 is 17.4 Å². The number of ketones is 1.